The fourth-order valence-corrected chi connectivity index (χ4v) is 4.68. The van der Waals surface area contributed by atoms with Crippen LogP contribution in [-0.4, -0.2) is 47.8 Å². The minimum atomic E-state index is -0.592. The van der Waals surface area contributed by atoms with Crippen molar-refractivity contribution in [2.45, 2.75) is 64.5 Å². The maximum Gasteiger partial charge on any atom is 0.272 e. The monoisotopic (exact) mass is 373 g/mol. The molecule has 7 heteroatoms. The number of fused-ring (bicyclic) bond motifs is 3. The number of carbonyl (C=O) groups excluding carboxylic acids is 2. The molecule has 148 valence electrons. The molecule has 0 aromatic carbocycles. The second-order valence-electron chi connectivity index (χ2n) is 9.33. The summed E-state index contributed by atoms with van der Waals surface area (Å²) in [6.07, 6.45) is 4.28. The smallest absolute Gasteiger partial charge is 0.272 e. The largest absolute Gasteiger partial charge is 0.357 e. The quantitative estimate of drug-likeness (QED) is 0.744. The van der Waals surface area contributed by atoms with Crippen LogP contribution in [0.5, 0.6) is 0 Å². The molecule has 1 aromatic rings. The number of hydrogen-bond donors (Lipinski definition) is 3. The van der Waals surface area contributed by atoms with Gasteiger partial charge in [-0.25, -0.2) is 0 Å². The highest BCUT2D eigenvalue weighted by Gasteiger charge is 2.50. The molecule has 2 fully saturated rings. The van der Waals surface area contributed by atoms with Gasteiger partial charge < -0.3 is 16.0 Å². The number of amides is 2. The first-order valence-electron chi connectivity index (χ1n) is 10.2. The molecule has 27 heavy (non-hydrogen) atoms. The van der Waals surface area contributed by atoms with Crippen molar-refractivity contribution in [2.75, 3.05) is 20.1 Å². The van der Waals surface area contributed by atoms with E-state index in [4.69, 9.17) is 5.10 Å². The van der Waals surface area contributed by atoms with E-state index in [1.54, 1.807) is 7.05 Å². The predicted molar refractivity (Wildman–Crippen MR) is 103 cm³/mol. The van der Waals surface area contributed by atoms with Gasteiger partial charge in [0.1, 0.15) is 6.04 Å². The molecule has 1 aliphatic heterocycles. The highest BCUT2D eigenvalue weighted by molar-refractivity contribution is 5.98. The van der Waals surface area contributed by atoms with Crippen molar-refractivity contribution in [3.05, 3.63) is 17.0 Å². The van der Waals surface area contributed by atoms with E-state index < -0.39 is 6.04 Å². The molecule has 2 amide bonds. The molecular formula is C20H31N5O2. The Bertz CT molecular complexity index is 757. The summed E-state index contributed by atoms with van der Waals surface area (Å²) in [7, 11) is 1.60. The predicted octanol–water partition coefficient (Wildman–Crippen LogP) is 1.36. The van der Waals surface area contributed by atoms with Gasteiger partial charge in [-0.05, 0) is 50.1 Å². The standard InChI is InChI=1S/C20H31N5O2/c1-20(2,3)17(19(27)21-4)23-18(26)15-14-10-11-9-13(11)16(14)25(24-15)12-5-7-22-8-6-12/h11-13,17,22H,5-10H2,1-4H3,(H,21,27)(H,23,26)/t11-,13-,17-/m1/s1. The Morgan fingerprint density at radius 1 is 1.26 bits per heavy atom. The summed E-state index contributed by atoms with van der Waals surface area (Å²) in [5.74, 6) is 0.882. The lowest BCUT2D eigenvalue weighted by Gasteiger charge is -2.29. The summed E-state index contributed by atoms with van der Waals surface area (Å²) in [6, 6.07) is -0.219. The number of nitrogens with zero attached hydrogens (tertiary/aromatic N) is 2. The van der Waals surface area contributed by atoms with Crippen molar-refractivity contribution < 1.29 is 9.59 Å². The minimum absolute atomic E-state index is 0.173. The third-order valence-corrected chi connectivity index (χ3v) is 6.31. The molecule has 0 spiro atoms. The normalized spacial score (nSPS) is 25.5. The van der Waals surface area contributed by atoms with Crippen LogP contribution >= 0.6 is 0 Å². The number of aromatic nitrogens is 2. The number of carbonyl (C=O) groups is 2. The fourth-order valence-electron chi connectivity index (χ4n) is 4.68. The Balaban J connectivity index is 1.63. The third-order valence-electron chi connectivity index (χ3n) is 6.31. The van der Waals surface area contributed by atoms with Gasteiger partial charge in [0.2, 0.25) is 5.91 Å². The molecule has 3 N–H and O–H groups in total. The lowest BCUT2D eigenvalue weighted by Crippen LogP contribution is -2.53. The first-order valence-corrected chi connectivity index (χ1v) is 10.2. The van der Waals surface area contributed by atoms with Gasteiger partial charge in [0.05, 0.1) is 6.04 Å². The molecule has 0 radical (unpaired) electrons. The molecule has 2 heterocycles. The first kappa shape index (κ1) is 18.5. The molecule has 1 saturated heterocycles. The summed E-state index contributed by atoms with van der Waals surface area (Å²) in [4.78, 5) is 25.4. The average Bonchev–Trinajstić information content (AvgIpc) is 3.14. The van der Waals surface area contributed by atoms with Gasteiger partial charge in [-0.3, -0.25) is 14.3 Å². The van der Waals surface area contributed by atoms with E-state index in [2.05, 4.69) is 20.6 Å². The molecular weight excluding hydrogens is 342 g/mol. The Morgan fingerprint density at radius 3 is 2.59 bits per heavy atom. The van der Waals surface area contributed by atoms with Crippen molar-refractivity contribution in [3.63, 3.8) is 0 Å². The SMILES string of the molecule is CNC(=O)[C@@H](NC(=O)c1nn(C2CCNCC2)c2c1C[C@H]1C[C@@H]21)C(C)(C)C. The van der Waals surface area contributed by atoms with E-state index in [1.807, 2.05) is 20.8 Å². The second-order valence-corrected chi connectivity index (χ2v) is 9.33. The summed E-state index contributed by atoms with van der Waals surface area (Å²) < 4.78 is 2.16. The molecule has 3 aliphatic rings. The fraction of sp³-hybridized carbons (Fsp3) is 0.750. The molecule has 1 saturated carbocycles. The Labute approximate surface area is 160 Å². The maximum atomic E-state index is 13.1. The number of likely N-dealkylation sites (N-methyl/N-ethyl adjacent to an activating group) is 1. The van der Waals surface area contributed by atoms with Crippen molar-refractivity contribution in [3.8, 4) is 0 Å². The second kappa shape index (κ2) is 6.62. The summed E-state index contributed by atoms with van der Waals surface area (Å²) in [5, 5.41) is 13.8. The van der Waals surface area contributed by atoms with Gasteiger partial charge in [-0.15, -0.1) is 0 Å². The van der Waals surface area contributed by atoms with Crippen LogP contribution in [0.4, 0.5) is 0 Å². The number of rotatable bonds is 4. The molecule has 1 aromatic heterocycles. The Kier molecular flexibility index (Phi) is 4.53. The van der Waals surface area contributed by atoms with E-state index in [-0.39, 0.29) is 17.2 Å². The van der Waals surface area contributed by atoms with Crippen LogP contribution in [0.1, 0.15) is 73.7 Å². The summed E-state index contributed by atoms with van der Waals surface area (Å²) >= 11 is 0. The van der Waals surface area contributed by atoms with E-state index in [0.717, 1.165) is 37.9 Å². The van der Waals surface area contributed by atoms with E-state index in [0.29, 0.717) is 23.6 Å². The minimum Gasteiger partial charge on any atom is -0.357 e. The molecule has 0 unspecified atom stereocenters. The van der Waals surface area contributed by atoms with Crippen molar-refractivity contribution in [1.29, 1.82) is 0 Å². The van der Waals surface area contributed by atoms with Gasteiger partial charge in [0.25, 0.3) is 5.91 Å². The van der Waals surface area contributed by atoms with Crippen molar-refractivity contribution in [2.24, 2.45) is 11.3 Å². The Hall–Kier alpha value is -1.89. The van der Waals surface area contributed by atoms with Gasteiger partial charge in [-0.1, -0.05) is 20.8 Å². The molecule has 4 rings (SSSR count). The van der Waals surface area contributed by atoms with Gasteiger partial charge in [0, 0.05) is 24.2 Å². The molecule has 7 nitrogen and oxygen atoms in total. The van der Waals surface area contributed by atoms with Gasteiger partial charge >= 0.3 is 0 Å². The number of hydrogen-bond acceptors (Lipinski definition) is 4. The van der Waals surface area contributed by atoms with Crippen LogP contribution in [0.3, 0.4) is 0 Å². The third kappa shape index (κ3) is 3.26. The lowest BCUT2D eigenvalue weighted by atomic mass is 9.86. The van der Waals surface area contributed by atoms with Gasteiger partial charge in [-0.2, -0.15) is 5.10 Å². The van der Waals surface area contributed by atoms with E-state index in [9.17, 15) is 9.59 Å². The zero-order valence-electron chi connectivity index (χ0n) is 16.8. The first-order chi connectivity index (χ1) is 12.8. The van der Waals surface area contributed by atoms with Crippen LogP contribution in [0.2, 0.25) is 0 Å². The zero-order valence-corrected chi connectivity index (χ0v) is 16.8. The van der Waals surface area contributed by atoms with Crippen LogP contribution < -0.4 is 16.0 Å². The van der Waals surface area contributed by atoms with Crippen molar-refractivity contribution in [1.82, 2.24) is 25.7 Å². The molecule has 0 bridgehead atoms. The zero-order chi connectivity index (χ0) is 19.3. The molecule has 3 atom stereocenters. The van der Waals surface area contributed by atoms with E-state index in [1.165, 1.54) is 12.1 Å². The molecule has 2 aliphatic carbocycles. The maximum absolute atomic E-state index is 13.1. The van der Waals surface area contributed by atoms with Crippen LogP contribution in [-0.2, 0) is 11.2 Å². The topological polar surface area (TPSA) is 88.1 Å². The van der Waals surface area contributed by atoms with Crippen LogP contribution in [0.15, 0.2) is 0 Å². The number of piperidine rings is 1. The highest BCUT2D eigenvalue weighted by Crippen LogP contribution is 2.57. The van der Waals surface area contributed by atoms with E-state index >= 15 is 0 Å². The van der Waals surface area contributed by atoms with Crippen molar-refractivity contribution >= 4 is 11.8 Å². The summed E-state index contributed by atoms with van der Waals surface area (Å²) in [6.45, 7) is 7.87. The number of nitrogens with one attached hydrogen (secondary N) is 3. The van der Waals surface area contributed by atoms with Crippen LogP contribution in [0, 0.1) is 11.3 Å². The summed E-state index contributed by atoms with van der Waals surface area (Å²) in [5.41, 5.74) is 2.58. The van der Waals surface area contributed by atoms with Crippen LogP contribution in [0.25, 0.3) is 0 Å². The Morgan fingerprint density at radius 2 is 1.96 bits per heavy atom. The highest BCUT2D eigenvalue weighted by atomic mass is 16.2. The van der Waals surface area contributed by atoms with Gasteiger partial charge in [0.15, 0.2) is 5.69 Å². The lowest BCUT2D eigenvalue weighted by molar-refractivity contribution is -0.124. The average molecular weight is 374 g/mol.